The van der Waals surface area contributed by atoms with E-state index in [1.54, 1.807) is 54.7 Å². The van der Waals surface area contributed by atoms with Gasteiger partial charge in [0.25, 0.3) is 11.8 Å². The monoisotopic (exact) mass is 548 g/mol. The van der Waals surface area contributed by atoms with Crippen LogP contribution in [0, 0.1) is 13.8 Å². The van der Waals surface area contributed by atoms with Gasteiger partial charge in [-0.2, -0.15) is 0 Å². The summed E-state index contributed by atoms with van der Waals surface area (Å²) >= 11 is 0. The van der Waals surface area contributed by atoms with E-state index in [2.05, 4.69) is 16.4 Å². The van der Waals surface area contributed by atoms with Crippen molar-refractivity contribution in [2.45, 2.75) is 41.0 Å². The molecule has 7 heteroatoms. The van der Waals surface area contributed by atoms with E-state index in [0.717, 1.165) is 33.4 Å². The molecular weight excluding hydrogens is 512 g/mol. The molecule has 0 aliphatic rings. The van der Waals surface area contributed by atoms with Crippen molar-refractivity contribution < 1.29 is 14.3 Å². The highest BCUT2D eigenvalue weighted by Crippen LogP contribution is 2.28. The summed E-state index contributed by atoms with van der Waals surface area (Å²) in [6.07, 6.45) is 5.80. The Morgan fingerprint density at radius 1 is 1.00 bits per heavy atom. The molecule has 0 spiro atoms. The van der Waals surface area contributed by atoms with Crippen molar-refractivity contribution in [2.24, 2.45) is 0 Å². The summed E-state index contributed by atoms with van der Waals surface area (Å²) in [4.78, 5) is 37.6. The van der Waals surface area contributed by atoms with E-state index in [0.29, 0.717) is 41.2 Å². The van der Waals surface area contributed by atoms with Crippen molar-refractivity contribution in [3.05, 3.63) is 113 Å². The molecule has 0 aliphatic heterocycles. The number of fused-ring (bicyclic) bond motifs is 1. The fourth-order valence-electron chi connectivity index (χ4n) is 4.58. The summed E-state index contributed by atoms with van der Waals surface area (Å²) in [5, 5.41) is 3.77. The first-order valence-corrected chi connectivity index (χ1v) is 13.6. The fourth-order valence-corrected chi connectivity index (χ4v) is 4.58. The highest BCUT2D eigenvalue weighted by atomic mass is 16.5. The van der Waals surface area contributed by atoms with Crippen LogP contribution in [0.15, 0.2) is 90.5 Å². The molecule has 0 radical (unpaired) electrons. The molecule has 0 saturated carbocycles. The van der Waals surface area contributed by atoms with Crippen molar-refractivity contribution in [3.63, 3.8) is 0 Å². The highest BCUT2D eigenvalue weighted by molar-refractivity contribution is 6.13. The molecule has 4 rings (SSSR count). The number of anilines is 1. The quantitative estimate of drug-likeness (QED) is 0.219. The van der Waals surface area contributed by atoms with E-state index in [9.17, 15) is 9.59 Å². The van der Waals surface area contributed by atoms with E-state index in [4.69, 9.17) is 9.72 Å². The van der Waals surface area contributed by atoms with Crippen molar-refractivity contribution in [2.75, 3.05) is 18.9 Å². The summed E-state index contributed by atoms with van der Waals surface area (Å²) in [5.41, 5.74) is 6.84. The topological polar surface area (TPSA) is 84.4 Å². The summed E-state index contributed by atoms with van der Waals surface area (Å²) in [5.74, 6) is 0.486. The first-order chi connectivity index (χ1) is 19.7. The third-order valence-corrected chi connectivity index (χ3v) is 6.74. The van der Waals surface area contributed by atoms with Gasteiger partial charge in [-0.05, 0) is 94.3 Å². The van der Waals surface area contributed by atoms with Crippen LogP contribution >= 0.6 is 0 Å². The number of rotatable bonds is 9. The van der Waals surface area contributed by atoms with Crippen LogP contribution in [-0.4, -0.2) is 40.3 Å². The minimum Gasteiger partial charge on any atom is -0.470 e. The van der Waals surface area contributed by atoms with Crippen molar-refractivity contribution in [1.82, 2.24) is 14.9 Å². The molecule has 0 unspecified atom stereocenters. The number of nitrogens with one attached hydrogen (secondary N) is 1. The molecule has 2 aromatic heterocycles. The Bertz CT molecular complexity index is 1620. The van der Waals surface area contributed by atoms with Crippen molar-refractivity contribution >= 4 is 28.4 Å². The first kappa shape index (κ1) is 29.2. The second-order valence-electron chi connectivity index (χ2n) is 10.3. The Kier molecular flexibility index (Phi) is 9.30. The average molecular weight is 549 g/mol. The molecule has 4 aromatic rings. The SMILES string of the molecule is C/C=C\OC(CCN(C)C(=O)c1ccc(NC(=O)c2cc(-c3ccccn3)nc3c(C)cc(C)cc23)cc1)=C(C)C. The zero-order valence-electron chi connectivity index (χ0n) is 24.5. The summed E-state index contributed by atoms with van der Waals surface area (Å²) < 4.78 is 5.66. The molecule has 0 aliphatic carbocycles. The zero-order valence-corrected chi connectivity index (χ0v) is 24.5. The van der Waals surface area contributed by atoms with E-state index >= 15 is 0 Å². The molecule has 2 heterocycles. The van der Waals surface area contributed by atoms with Crippen LogP contribution in [0.3, 0.4) is 0 Å². The number of nitrogens with zero attached hydrogens (tertiary/aromatic N) is 3. The number of ether oxygens (including phenoxy) is 1. The number of amides is 2. The third kappa shape index (κ3) is 7.06. The Hall–Kier alpha value is -4.78. The van der Waals surface area contributed by atoms with Crippen LogP contribution in [0.1, 0.15) is 59.0 Å². The number of hydrogen-bond acceptors (Lipinski definition) is 5. The normalized spacial score (nSPS) is 11.0. The predicted octanol–water partition coefficient (Wildman–Crippen LogP) is 7.47. The molecule has 210 valence electrons. The summed E-state index contributed by atoms with van der Waals surface area (Å²) in [6.45, 7) is 10.4. The highest BCUT2D eigenvalue weighted by Gasteiger charge is 2.18. The van der Waals surface area contributed by atoms with E-state index < -0.39 is 0 Å². The van der Waals surface area contributed by atoms with Gasteiger partial charge in [-0.15, -0.1) is 0 Å². The van der Waals surface area contributed by atoms with Crippen LogP contribution < -0.4 is 5.32 Å². The maximum atomic E-state index is 13.6. The van der Waals surface area contributed by atoms with Gasteiger partial charge in [-0.1, -0.05) is 23.8 Å². The fraction of sp³-hybridized carbons (Fsp3) is 0.235. The zero-order chi connectivity index (χ0) is 29.5. The van der Waals surface area contributed by atoms with Gasteiger partial charge < -0.3 is 15.0 Å². The van der Waals surface area contributed by atoms with Gasteiger partial charge in [0.15, 0.2) is 0 Å². The summed E-state index contributed by atoms with van der Waals surface area (Å²) in [6, 6.07) is 18.4. The second kappa shape index (κ2) is 13.0. The molecule has 0 atom stereocenters. The second-order valence-corrected chi connectivity index (χ2v) is 10.3. The smallest absolute Gasteiger partial charge is 0.256 e. The molecule has 0 fully saturated rings. The van der Waals surface area contributed by atoms with Crippen LogP contribution in [0.2, 0.25) is 0 Å². The maximum absolute atomic E-state index is 13.6. The van der Waals surface area contributed by atoms with Gasteiger partial charge in [0.2, 0.25) is 0 Å². The molecule has 7 nitrogen and oxygen atoms in total. The van der Waals surface area contributed by atoms with E-state index in [1.807, 2.05) is 65.0 Å². The maximum Gasteiger partial charge on any atom is 0.256 e. The van der Waals surface area contributed by atoms with Gasteiger partial charge in [0.1, 0.15) is 5.76 Å². The minimum absolute atomic E-state index is 0.104. The Morgan fingerprint density at radius 2 is 1.76 bits per heavy atom. The number of benzene rings is 2. The van der Waals surface area contributed by atoms with E-state index in [-0.39, 0.29) is 11.8 Å². The number of aromatic nitrogens is 2. The minimum atomic E-state index is -0.258. The largest absolute Gasteiger partial charge is 0.470 e. The van der Waals surface area contributed by atoms with E-state index in [1.165, 1.54) is 0 Å². The number of carbonyl (C=O) groups excluding carboxylic acids is 2. The standard InChI is InChI=1S/C34H36N4O3/c1-7-18-41-31(22(2)3)15-17-38(6)34(40)25-11-13-26(14-12-25)36-33(39)28-21-30(29-10-8-9-16-35-29)37-32-24(5)19-23(4)20-27(28)32/h7-14,16,18-21H,15,17H2,1-6H3,(H,36,39)/b18-7-. The van der Waals surface area contributed by atoms with Crippen LogP contribution in [0.4, 0.5) is 5.69 Å². The number of hydrogen-bond donors (Lipinski definition) is 1. The number of aryl methyl sites for hydroxylation is 2. The summed E-state index contributed by atoms with van der Waals surface area (Å²) in [7, 11) is 1.77. The van der Waals surface area contributed by atoms with Gasteiger partial charge in [-0.3, -0.25) is 14.6 Å². The van der Waals surface area contributed by atoms with Gasteiger partial charge >= 0.3 is 0 Å². The molecule has 0 bridgehead atoms. The molecule has 0 saturated heterocycles. The van der Waals surface area contributed by atoms with Crippen LogP contribution in [0.5, 0.6) is 0 Å². The van der Waals surface area contributed by atoms with Crippen LogP contribution in [-0.2, 0) is 4.74 Å². The van der Waals surface area contributed by atoms with Gasteiger partial charge in [-0.25, -0.2) is 4.98 Å². The predicted molar refractivity (Wildman–Crippen MR) is 165 cm³/mol. The lowest BCUT2D eigenvalue weighted by Crippen LogP contribution is -2.28. The lowest BCUT2D eigenvalue weighted by atomic mass is 10.00. The van der Waals surface area contributed by atoms with Gasteiger partial charge in [0, 0.05) is 42.8 Å². The first-order valence-electron chi connectivity index (χ1n) is 13.6. The number of pyridine rings is 2. The van der Waals surface area contributed by atoms with Crippen molar-refractivity contribution in [3.8, 4) is 11.4 Å². The Labute approximate surface area is 241 Å². The van der Waals surface area contributed by atoms with Crippen LogP contribution in [0.25, 0.3) is 22.3 Å². The Balaban J connectivity index is 1.53. The lowest BCUT2D eigenvalue weighted by Gasteiger charge is -2.19. The number of carbonyl (C=O) groups is 2. The molecule has 2 aromatic carbocycles. The molecular formula is C34H36N4O3. The molecule has 41 heavy (non-hydrogen) atoms. The molecule has 1 N–H and O–H groups in total. The number of allylic oxidation sites excluding steroid dienone is 2. The molecule has 2 amide bonds. The Morgan fingerprint density at radius 3 is 2.41 bits per heavy atom. The lowest BCUT2D eigenvalue weighted by molar-refractivity contribution is 0.0792. The van der Waals surface area contributed by atoms with Gasteiger partial charge in [0.05, 0.1) is 28.7 Å². The third-order valence-electron chi connectivity index (χ3n) is 6.74. The van der Waals surface area contributed by atoms with Crippen molar-refractivity contribution in [1.29, 1.82) is 0 Å². The average Bonchev–Trinajstić information content (AvgIpc) is 2.96.